The topological polar surface area (TPSA) is 66.4 Å². The van der Waals surface area contributed by atoms with Crippen LogP contribution < -0.4 is 0 Å². The van der Waals surface area contributed by atoms with Gasteiger partial charge in [-0.2, -0.15) is 0 Å². The molecule has 0 aromatic rings. The van der Waals surface area contributed by atoms with Crippen LogP contribution >= 0.6 is 0 Å². The van der Waals surface area contributed by atoms with Gasteiger partial charge in [-0.05, 0) is 78.6 Å². The van der Waals surface area contributed by atoms with E-state index in [0.717, 1.165) is 0 Å². The predicted octanol–water partition coefficient (Wildman–Crippen LogP) is 4.22. The summed E-state index contributed by atoms with van der Waals surface area (Å²) < 4.78 is 32.4. The van der Waals surface area contributed by atoms with Crippen LogP contribution in [0, 0.1) is 0 Å². The summed E-state index contributed by atoms with van der Waals surface area (Å²) in [5, 5.41) is 10.1. The zero-order valence-electron chi connectivity index (χ0n) is 20.1. The van der Waals surface area contributed by atoms with Crippen molar-refractivity contribution in [1.29, 1.82) is 0 Å². The number of aliphatic hydroxyl groups is 1. The third-order valence-corrected chi connectivity index (χ3v) is 7.59. The van der Waals surface area contributed by atoms with Gasteiger partial charge in [-0.3, -0.25) is 0 Å². The number of ether oxygens (including phenoxy) is 1. The van der Waals surface area contributed by atoms with Crippen LogP contribution in [0.5, 0.6) is 0 Å². The third kappa shape index (κ3) is 9.62. The lowest BCUT2D eigenvalue weighted by Gasteiger charge is -2.51. The summed E-state index contributed by atoms with van der Waals surface area (Å²) in [5.74, 6) is 0. The number of aliphatic hydroxyl groups excluding tert-OH is 1. The second kappa shape index (κ2) is 9.41. The van der Waals surface area contributed by atoms with E-state index in [1.165, 1.54) is 0 Å². The van der Waals surface area contributed by atoms with Gasteiger partial charge in [0, 0.05) is 0 Å². The molecule has 1 fully saturated rings. The minimum Gasteiger partial charge on any atom is -0.409 e. The van der Waals surface area contributed by atoms with Gasteiger partial charge in [0.05, 0.1) is 6.61 Å². The molecule has 1 N–H and O–H groups in total. The fourth-order valence-electron chi connectivity index (χ4n) is 3.10. The fraction of sp³-hybridized carbons (Fsp3) is 1.00. The first-order valence-electron chi connectivity index (χ1n) is 10.3. The second-order valence-electron chi connectivity index (χ2n) is 11.5. The van der Waals surface area contributed by atoms with E-state index < -0.39 is 45.7 Å². The zero-order valence-corrected chi connectivity index (χ0v) is 24.1. The molecule has 1 rings (SSSR count). The van der Waals surface area contributed by atoms with E-state index in [4.69, 9.17) is 22.4 Å². The first-order chi connectivity index (χ1) is 12.3. The Morgan fingerprint density at radius 2 is 0.929 bits per heavy atom. The lowest BCUT2D eigenvalue weighted by Crippen LogP contribution is -2.67. The number of hydrogen-bond donors (Lipinski definition) is 1. The Kier molecular flexibility index (Phi) is 8.96. The SMILES string of the molecule is C[Si](C)(C)OC1O[C@H](CO)[C@@H](O[Si](C)(C)C)[C@H](O[Si](C)(C)C)[C@@H]1O[Si](C)(C)C. The van der Waals surface area contributed by atoms with Crippen molar-refractivity contribution < 1.29 is 27.5 Å². The Balaban J connectivity index is 3.40. The molecule has 0 radical (unpaired) electrons. The highest BCUT2D eigenvalue weighted by Gasteiger charge is 2.52. The highest BCUT2D eigenvalue weighted by molar-refractivity contribution is 6.71. The molecule has 1 aliphatic heterocycles. The first kappa shape index (κ1) is 26.7. The van der Waals surface area contributed by atoms with E-state index in [1.54, 1.807) is 0 Å². The first-order valence-corrected chi connectivity index (χ1v) is 23.9. The average molecular weight is 469 g/mol. The van der Waals surface area contributed by atoms with Crippen LogP contribution in [-0.2, 0) is 22.4 Å². The molecule has 28 heavy (non-hydrogen) atoms. The molecule has 1 heterocycles. The van der Waals surface area contributed by atoms with Crippen LogP contribution in [0.25, 0.3) is 0 Å². The van der Waals surface area contributed by atoms with Crippen molar-refractivity contribution in [3.05, 3.63) is 0 Å². The van der Waals surface area contributed by atoms with E-state index in [2.05, 4.69) is 78.6 Å². The molecule has 0 aromatic heterocycles. The standard InChI is InChI=1S/C18H44O6Si4/c1-25(2,3)21-15-14(13-19)20-18(24-28(10,11)12)17(23-27(7,8)9)16(15)22-26(4,5)6/h14-19H,13H2,1-12H3/t14-,15-,16+,17+,18?/m1/s1. The van der Waals surface area contributed by atoms with Gasteiger partial charge in [-0.15, -0.1) is 0 Å². The summed E-state index contributed by atoms with van der Waals surface area (Å²) in [7, 11) is -7.65. The molecule has 0 bridgehead atoms. The predicted molar refractivity (Wildman–Crippen MR) is 125 cm³/mol. The third-order valence-electron chi connectivity index (χ3n) is 3.71. The quantitative estimate of drug-likeness (QED) is 0.511. The molecule has 1 saturated heterocycles. The van der Waals surface area contributed by atoms with Crippen LogP contribution in [-0.4, -0.2) is 75.7 Å². The van der Waals surface area contributed by atoms with Crippen molar-refractivity contribution >= 4 is 33.3 Å². The van der Waals surface area contributed by atoms with Crippen LogP contribution in [0.15, 0.2) is 0 Å². The van der Waals surface area contributed by atoms with Gasteiger partial charge >= 0.3 is 0 Å². The molecule has 5 atom stereocenters. The maximum atomic E-state index is 10.1. The summed E-state index contributed by atoms with van der Waals surface area (Å²) >= 11 is 0. The molecule has 10 heteroatoms. The van der Waals surface area contributed by atoms with Crippen molar-refractivity contribution in [2.45, 2.75) is 109 Å². The fourth-order valence-corrected chi connectivity index (χ4v) is 7.23. The van der Waals surface area contributed by atoms with Gasteiger partial charge < -0.3 is 27.5 Å². The highest BCUT2D eigenvalue weighted by atomic mass is 28.4. The Morgan fingerprint density at radius 1 is 0.571 bits per heavy atom. The smallest absolute Gasteiger partial charge is 0.187 e. The van der Waals surface area contributed by atoms with Crippen LogP contribution in [0.1, 0.15) is 0 Å². The van der Waals surface area contributed by atoms with Gasteiger partial charge in [-0.25, -0.2) is 0 Å². The molecule has 1 aliphatic rings. The van der Waals surface area contributed by atoms with Crippen molar-refractivity contribution in [2.24, 2.45) is 0 Å². The molecule has 0 amide bonds. The van der Waals surface area contributed by atoms with Crippen LogP contribution in [0.4, 0.5) is 0 Å². The normalized spacial score (nSPS) is 30.5. The van der Waals surface area contributed by atoms with E-state index in [1.807, 2.05) is 0 Å². The molecule has 0 saturated carbocycles. The van der Waals surface area contributed by atoms with E-state index >= 15 is 0 Å². The maximum absolute atomic E-state index is 10.1. The Morgan fingerprint density at radius 3 is 1.29 bits per heavy atom. The van der Waals surface area contributed by atoms with Crippen LogP contribution in [0.2, 0.25) is 78.6 Å². The Bertz CT molecular complexity index is 492. The van der Waals surface area contributed by atoms with Gasteiger partial charge in [0.25, 0.3) is 0 Å². The lowest BCUT2D eigenvalue weighted by atomic mass is 9.99. The Labute approximate surface area is 176 Å². The molecule has 168 valence electrons. The largest absolute Gasteiger partial charge is 0.409 e. The summed E-state index contributed by atoms with van der Waals surface area (Å²) in [6.07, 6.45) is -2.10. The van der Waals surface area contributed by atoms with Crippen molar-refractivity contribution in [1.82, 2.24) is 0 Å². The van der Waals surface area contributed by atoms with Gasteiger partial charge in [0.15, 0.2) is 39.6 Å². The lowest BCUT2D eigenvalue weighted by molar-refractivity contribution is -0.269. The summed E-state index contributed by atoms with van der Waals surface area (Å²) in [6, 6.07) is 0. The molecule has 0 aromatic carbocycles. The summed E-state index contributed by atoms with van der Waals surface area (Å²) in [6.45, 7) is 25.7. The van der Waals surface area contributed by atoms with Crippen molar-refractivity contribution in [3.63, 3.8) is 0 Å². The van der Waals surface area contributed by atoms with E-state index in [9.17, 15) is 5.11 Å². The van der Waals surface area contributed by atoms with Gasteiger partial charge in [0.1, 0.15) is 24.4 Å². The molecular weight excluding hydrogens is 425 g/mol. The van der Waals surface area contributed by atoms with Crippen molar-refractivity contribution in [2.75, 3.05) is 6.61 Å². The second-order valence-corrected chi connectivity index (χ2v) is 29.4. The number of hydrogen-bond acceptors (Lipinski definition) is 6. The van der Waals surface area contributed by atoms with Crippen LogP contribution in [0.3, 0.4) is 0 Å². The summed E-state index contributed by atoms with van der Waals surface area (Å²) in [5.41, 5.74) is 0. The monoisotopic (exact) mass is 468 g/mol. The zero-order chi connectivity index (χ0) is 22.1. The molecule has 0 spiro atoms. The van der Waals surface area contributed by atoms with E-state index in [-0.39, 0.29) is 24.9 Å². The highest BCUT2D eigenvalue weighted by Crippen LogP contribution is 2.34. The minimum atomic E-state index is -1.92. The molecule has 0 aliphatic carbocycles. The number of rotatable bonds is 9. The van der Waals surface area contributed by atoms with Gasteiger partial charge in [0.2, 0.25) is 0 Å². The molecule has 6 nitrogen and oxygen atoms in total. The minimum absolute atomic E-state index is 0.133. The molecule has 1 unspecified atom stereocenters. The Hall–Kier alpha value is 0.628. The van der Waals surface area contributed by atoms with Gasteiger partial charge in [-0.1, -0.05) is 0 Å². The average Bonchev–Trinajstić information content (AvgIpc) is 2.39. The molecular formula is C18H44O6Si4. The van der Waals surface area contributed by atoms with E-state index in [0.29, 0.717) is 0 Å². The summed E-state index contributed by atoms with van der Waals surface area (Å²) in [4.78, 5) is 0. The maximum Gasteiger partial charge on any atom is 0.187 e. The van der Waals surface area contributed by atoms with Crippen molar-refractivity contribution in [3.8, 4) is 0 Å².